The second kappa shape index (κ2) is 4.38. The summed E-state index contributed by atoms with van der Waals surface area (Å²) in [7, 11) is 2.01. The van der Waals surface area contributed by atoms with E-state index >= 15 is 0 Å². The standard InChI is InChI=1S/C10H12BClO/c1-3-13-7(2)9-6-8(11)4-5-10(9)12/h4-6H,2-3,11H2,1H3. The zero-order chi connectivity index (χ0) is 9.84. The lowest BCUT2D eigenvalue weighted by Gasteiger charge is -2.09. The predicted octanol–water partition coefficient (Wildman–Crippen LogP) is 1.61. The minimum atomic E-state index is 0.614. The Labute approximate surface area is 84.8 Å². The zero-order valence-electron chi connectivity index (χ0n) is 7.93. The molecule has 68 valence electrons. The molecule has 0 aliphatic rings. The van der Waals surface area contributed by atoms with Gasteiger partial charge in [-0.3, -0.25) is 0 Å². The summed E-state index contributed by atoms with van der Waals surface area (Å²) < 4.78 is 5.28. The average Bonchev–Trinajstić information content (AvgIpc) is 2.09. The number of hydrogen-bond acceptors (Lipinski definition) is 1. The van der Waals surface area contributed by atoms with Crippen LogP contribution in [0.3, 0.4) is 0 Å². The molecular weight excluding hydrogens is 182 g/mol. The molecule has 0 unspecified atom stereocenters. The SMILES string of the molecule is Bc1ccc(Cl)c(C(=C)OCC)c1. The number of rotatable bonds is 3. The molecule has 0 aromatic heterocycles. The first-order chi connectivity index (χ1) is 6.15. The first-order valence-corrected chi connectivity index (χ1v) is 4.61. The van der Waals surface area contributed by atoms with Gasteiger partial charge in [0.25, 0.3) is 0 Å². The van der Waals surface area contributed by atoms with E-state index in [-0.39, 0.29) is 0 Å². The van der Waals surface area contributed by atoms with E-state index in [1.807, 2.05) is 33.0 Å². The van der Waals surface area contributed by atoms with E-state index in [2.05, 4.69) is 6.58 Å². The van der Waals surface area contributed by atoms with Crippen LogP contribution in [-0.2, 0) is 4.74 Å². The van der Waals surface area contributed by atoms with Crippen LogP contribution in [0.25, 0.3) is 5.76 Å². The van der Waals surface area contributed by atoms with Crippen LogP contribution < -0.4 is 5.46 Å². The third-order valence-corrected chi connectivity index (χ3v) is 2.07. The fourth-order valence-corrected chi connectivity index (χ4v) is 1.33. The second-order valence-corrected chi connectivity index (χ2v) is 3.25. The van der Waals surface area contributed by atoms with Crippen LogP contribution in [0, 0.1) is 0 Å². The van der Waals surface area contributed by atoms with E-state index in [0.29, 0.717) is 17.4 Å². The lowest BCUT2D eigenvalue weighted by molar-refractivity contribution is 0.299. The minimum absolute atomic E-state index is 0.614. The second-order valence-electron chi connectivity index (χ2n) is 2.84. The zero-order valence-corrected chi connectivity index (χ0v) is 8.69. The molecule has 0 aliphatic heterocycles. The van der Waals surface area contributed by atoms with Gasteiger partial charge in [-0.1, -0.05) is 35.8 Å². The fraction of sp³-hybridized carbons (Fsp3) is 0.200. The van der Waals surface area contributed by atoms with Crippen molar-refractivity contribution in [3.8, 4) is 0 Å². The Morgan fingerprint density at radius 1 is 1.62 bits per heavy atom. The van der Waals surface area contributed by atoms with Gasteiger partial charge in [-0.25, -0.2) is 0 Å². The molecule has 0 radical (unpaired) electrons. The van der Waals surface area contributed by atoms with Crippen molar-refractivity contribution in [3.05, 3.63) is 35.4 Å². The van der Waals surface area contributed by atoms with Crippen molar-refractivity contribution in [2.24, 2.45) is 0 Å². The third-order valence-electron chi connectivity index (χ3n) is 1.74. The number of hydrogen-bond donors (Lipinski definition) is 0. The maximum atomic E-state index is 5.99. The summed E-state index contributed by atoms with van der Waals surface area (Å²) in [6.07, 6.45) is 0. The molecule has 0 bridgehead atoms. The Morgan fingerprint density at radius 2 is 2.31 bits per heavy atom. The average molecular weight is 194 g/mol. The van der Waals surface area contributed by atoms with Gasteiger partial charge in [-0.15, -0.1) is 0 Å². The molecule has 13 heavy (non-hydrogen) atoms. The van der Waals surface area contributed by atoms with E-state index in [4.69, 9.17) is 16.3 Å². The highest BCUT2D eigenvalue weighted by Crippen LogP contribution is 2.21. The topological polar surface area (TPSA) is 9.23 Å². The molecule has 0 atom stereocenters. The minimum Gasteiger partial charge on any atom is -0.494 e. The Bertz CT molecular complexity index is 323. The largest absolute Gasteiger partial charge is 0.494 e. The summed E-state index contributed by atoms with van der Waals surface area (Å²) in [5.41, 5.74) is 2.03. The van der Waals surface area contributed by atoms with Gasteiger partial charge < -0.3 is 4.74 Å². The fourth-order valence-electron chi connectivity index (χ4n) is 1.10. The van der Waals surface area contributed by atoms with Crippen molar-refractivity contribution in [3.63, 3.8) is 0 Å². The maximum absolute atomic E-state index is 5.99. The maximum Gasteiger partial charge on any atom is 0.139 e. The summed E-state index contributed by atoms with van der Waals surface area (Å²) >= 11 is 5.99. The van der Waals surface area contributed by atoms with Crippen molar-refractivity contribution in [2.75, 3.05) is 6.61 Å². The van der Waals surface area contributed by atoms with Gasteiger partial charge in [0.1, 0.15) is 13.6 Å². The monoisotopic (exact) mass is 194 g/mol. The van der Waals surface area contributed by atoms with Gasteiger partial charge in [0.2, 0.25) is 0 Å². The van der Waals surface area contributed by atoms with Gasteiger partial charge in [-0.05, 0) is 13.0 Å². The Morgan fingerprint density at radius 3 is 2.92 bits per heavy atom. The molecule has 0 spiro atoms. The van der Waals surface area contributed by atoms with Gasteiger partial charge >= 0.3 is 0 Å². The van der Waals surface area contributed by atoms with E-state index < -0.39 is 0 Å². The van der Waals surface area contributed by atoms with Crippen LogP contribution in [0.4, 0.5) is 0 Å². The van der Waals surface area contributed by atoms with Crippen molar-refractivity contribution >= 4 is 30.7 Å². The molecule has 0 heterocycles. The molecule has 1 aromatic carbocycles. The summed E-state index contributed by atoms with van der Waals surface area (Å²) in [6, 6.07) is 5.79. The van der Waals surface area contributed by atoms with E-state index in [1.165, 1.54) is 0 Å². The highest BCUT2D eigenvalue weighted by Gasteiger charge is 2.04. The Kier molecular flexibility index (Phi) is 3.43. The normalized spacial score (nSPS) is 9.69. The van der Waals surface area contributed by atoms with E-state index in [1.54, 1.807) is 0 Å². The van der Waals surface area contributed by atoms with E-state index in [9.17, 15) is 0 Å². The van der Waals surface area contributed by atoms with E-state index in [0.717, 1.165) is 11.0 Å². The van der Waals surface area contributed by atoms with Crippen LogP contribution in [-0.4, -0.2) is 14.5 Å². The molecule has 3 heteroatoms. The van der Waals surface area contributed by atoms with Crippen LogP contribution in [0.1, 0.15) is 12.5 Å². The van der Waals surface area contributed by atoms with Crippen LogP contribution in [0.15, 0.2) is 24.8 Å². The molecule has 0 saturated heterocycles. The van der Waals surface area contributed by atoms with Crippen molar-refractivity contribution in [1.82, 2.24) is 0 Å². The molecule has 0 aliphatic carbocycles. The summed E-state index contributed by atoms with van der Waals surface area (Å²) in [6.45, 7) is 6.35. The summed E-state index contributed by atoms with van der Waals surface area (Å²) in [4.78, 5) is 0. The predicted molar refractivity (Wildman–Crippen MR) is 60.3 cm³/mol. The number of halogens is 1. The number of benzene rings is 1. The first-order valence-electron chi connectivity index (χ1n) is 4.23. The lowest BCUT2D eigenvalue weighted by Crippen LogP contribution is -2.03. The quantitative estimate of drug-likeness (QED) is 0.525. The molecule has 1 rings (SSSR count). The molecular formula is C10H12BClO. The first kappa shape index (κ1) is 10.2. The Balaban J connectivity index is 2.99. The number of ether oxygens (including phenoxy) is 1. The molecule has 0 fully saturated rings. The van der Waals surface area contributed by atoms with Gasteiger partial charge in [-0.2, -0.15) is 0 Å². The molecule has 0 saturated carbocycles. The Hall–Kier alpha value is -0.885. The highest BCUT2D eigenvalue weighted by molar-refractivity contribution is 6.35. The van der Waals surface area contributed by atoms with Gasteiger partial charge in [0.15, 0.2) is 0 Å². The van der Waals surface area contributed by atoms with Crippen molar-refractivity contribution < 1.29 is 4.74 Å². The van der Waals surface area contributed by atoms with Gasteiger partial charge in [0, 0.05) is 5.56 Å². The third kappa shape index (κ3) is 2.53. The van der Waals surface area contributed by atoms with Crippen molar-refractivity contribution in [2.45, 2.75) is 6.92 Å². The van der Waals surface area contributed by atoms with Crippen LogP contribution >= 0.6 is 11.6 Å². The lowest BCUT2D eigenvalue weighted by atomic mass is 9.94. The highest BCUT2D eigenvalue weighted by atomic mass is 35.5. The van der Waals surface area contributed by atoms with Crippen LogP contribution in [0.2, 0.25) is 5.02 Å². The molecule has 0 amide bonds. The van der Waals surface area contributed by atoms with Gasteiger partial charge in [0.05, 0.1) is 11.6 Å². The molecule has 1 nitrogen and oxygen atoms in total. The smallest absolute Gasteiger partial charge is 0.139 e. The molecule has 1 aromatic rings. The summed E-state index contributed by atoms with van der Waals surface area (Å²) in [5.74, 6) is 0.635. The molecule has 0 N–H and O–H groups in total. The van der Waals surface area contributed by atoms with Crippen molar-refractivity contribution in [1.29, 1.82) is 0 Å². The summed E-state index contributed by atoms with van der Waals surface area (Å²) in [5, 5.41) is 0.684. The van der Waals surface area contributed by atoms with Crippen LogP contribution in [0.5, 0.6) is 0 Å².